The van der Waals surface area contributed by atoms with Crippen LogP contribution in [-0.2, 0) is 6.18 Å². The first-order valence-electron chi connectivity index (χ1n) is 9.82. The number of halogens is 3. The van der Waals surface area contributed by atoms with Crippen LogP contribution in [0.2, 0.25) is 0 Å². The van der Waals surface area contributed by atoms with Crippen molar-refractivity contribution >= 4 is 22.4 Å². The quantitative estimate of drug-likeness (QED) is 0.669. The van der Waals surface area contributed by atoms with E-state index in [2.05, 4.69) is 15.3 Å². The molecule has 1 aromatic rings. The highest BCUT2D eigenvalue weighted by atomic mass is 32.3. The summed E-state index contributed by atoms with van der Waals surface area (Å²) in [5.41, 5.74) is -2.12. The first kappa shape index (κ1) is 20.7. The fraction of sp³-hybridized carbons (Fsp3) is 0.722. The van der Waals surface area contributed by atoms with Crippen LogP contribution in [0.1, 0.15) is 54.6 Å². The highest BCUT2D eigenvalue weighted by molar-refractivity contribution is 8.24. The van der Waals surface area contributed by atoms with E-state index >= 15 is 0 Å². The topological polar surface area (TPSA) is 98.6 Å². The van der Waals surface area contributed by atoms with Crippen molar-refractivity contribution in [1.82, 2.24) is 14.9 Å². The third-order valence-corrected chi connectivity index (χ3v) is 8.09. The zero-order chi connectivity index (χ0) is 20.9. The number of nitrogens with one attached hydrogen (secondary N) is 1. The maximum atomic E-state index is 13.7. The SMILES string of the molecule is O=C(c1cnc(NC23CCC(CC2)CC3)nc1C(F)(F)F)N1CCS(O)(O)CC1. The molecule has 1 aromatic heterocycles. The molecular formula is C18H25F3N4O3S. The van der Waals surface area contributed by atoms with Gasteiger partial charge in [0.05, 0.1) is 17.1 Å². The number of amides is 1. The fourth-order valence-corrected chi connectivity index (χ4v) is 5.82. The summed E-state index contributed by atoms with van der Waals surface area (Å²) in [5.74, 6) is -0.292. The van der Waals surface area contributed by atoms with E-state index in [1.165, 1.54) is 4.90 Å². The molecule has 162 valence electrons. The van der Waals surface area contributed by atoms with Gasteiger partial charge in [-0.15, -0.1) is 0 Å². The first-order chi connectivity index (χ1) is 13.6. The standard InChI is InChI=1S/C18H25F3N4O3S/c19-18(20,21)14-13(15(26)25-7-9-29(27,28)10-8-25)11-22-16(23-14)24-17-4-1-12(2-5-17)3-6-17/h11-12,27-28H,1-10H2,(H,22,23,24). The molecule has 11 heteroatoms. The van der Waals surface area contributed by atoms with Crippen molar-refractivity contribution in [1.29, 1.82) is 0 Å². The van der Waals surface area contributed by atoms with Gasteiger partial charge in [-0.05, 0) is 44.4 Å². The third-order valence-electron chi connectivity index (χ3n) is 6.42. The minimum absolute atomic E-state index is 0.0112. The molecule has 1 aliphatic heterocycles. The summed E-state index contributed by atoms with van der Waals surface area (Å²) in [6.07, 6.45) is 2.00. The highest BCUT2D eigenvalue weighted by Crippen LogP contribution is 2.46. The minimum Gasteiger partial charge on any atom is -0.349 e. The van der Waals surface area contributed by atoms with Gasteiger partial charge < -0.3 is 10.2 Å². The van der Waals surface area contributed by atoms with Crippen LogP contribution < -0.4 is 5.32 Å². The molecule has 0 spiro atoms. The van der Waals surface area contributed by atoms with Gasteiger partial charge in [0, 0.05) is 24.8 Å². The van der Waals surface area contributed by atoms with E-state index in [0.29, 0.717) is 5.92 Å². The molecule has 4 aliphatic rings. The zero-order valence-corrected chi connectivity index (χ0v) is 16.7. The predicted octanol–water partition coefficient (Wildman–Crippen LogP) is 3.84. The third kappa shape index (κ3) is 4.31. The predicted molar refractivity (Wildman–Crippen MR) is 103 cm³/mol. The average Bonchev–Trinajstić information content (AvgIpc) is 2.68. The van der Waals surface area contributed by atoms with E-state index in [-0.39, 0.29) is 36.1 Å². The van der Waals surface area contributed by atoms with Crippen molar-refractivity contribution in [2.75, 3.05) is 29.9 Å². The molecule has 0 aromatic carbocycles. The monoisotopic (exact) mass is 434 g/mol. The summed E-state index contributed by atoms with van der Waals surface area (Å²) in [7, 11) is -2.76. The summed E-state index contributed by atoms with van der Waals surface area (Å²) in [5, 5.41) is 3.14. The second kappa shape index (κ2) is 7.28. The smallest absolute Gasteiger partial charge is 0.349 e. The van der Waals surface area contributed by atoms with Crippen LogP contribution in [0.5, 0.6) is 0 Å². The molecule has 0 radical (unpaired) electrons. The highest BCUT2D eigenvalue weighted by Gasteiger charge is 2.43. The molecule has 3 N–H and O–H groups in total. The lowest BCUT2D eigenvalue weighted by Gasteiger charge is -2.47. The summed E-state index contributed by atoms with van der Waals surface area (Å²) in [6, 6.07) is 0. The molecule has 2 heterocycles. The molecule has 3 saturated carbocycles. The molecule has 7 nitrogen and oxygen atoms in total. The van der Waals surface area contributed by atoms with E-state index in [1.54, 1.807) is 0 Å². The van der Waals surface area contributed by atoms with Crippen molar-refractivity contribution in [3.05, 3.63) is 17.5 Å². The Kier molecular flexibility index (Phi) is 5.19. The summed E-state index contributed by atoms with van der Waals surface area (Å²) < 4.78 is 60.4. The summed E-state index contributed by atoms with van der Waals surface area (Å²) >= 11 is 0. The van der Waals surface area contributed by atoms with Gasteiger partial charge in [-0.1, -0.05) is 0 Å². The number of hydrogen-bond acceptors (Lipinski definition) is 6. The van der Waals surface area contributed by atoms with Gasteiger partial charge in [0.15, 0.2) is 5.69 Å². The molecular weight excluding hydrogens is 409 g/mol. The number of carbonyl (C=O) groups excluding carboxylic acids is 1. The summed E-state index contributed by atoms with van der Waals surface area (Å²) in [4.78, 5) is 21.6. The molecule has 29 heavy (non-hydrogen) atoms. The van der Waals surface area contributed by atoms with Crippen molar-refractivity contribution in [2.45, 2.75) is 50.2 Å². The fourth-order valence-electron chi connectivity index (χ4n) is 4.59. The largest absolute Gasteiger partial charge is 0.434 e. The average molecular weight is 434 g/mol. The molecule has 4 fully saturated rings. The number of anilines is 1. The Hall–Kier alpha value is -1.59. The van der Waals surface area contributed by atoms with Gasteiger partial charge in [0.1, 0.15) is 0 Å². The van der Waals surface area contributed by atoms with E-state index < -0.39 is 33.9 Å². The first-order valence-corrected chi connectivity index (χ1v) is 11.7. The number of carbonyl (C=O) groups is 1. The lowest BCUT2D eigenvalue weighted by Crippen LogP contribution is -2.47. The van der Waals surface area contributed by atoms with Crippen LogP contribution in [0, 0.1) is 5.92 Å². The van der Waals surface area contributed by atoms with Crippen LogP contribution in [-0.4, -0.2) is 60.0 Å². The Bertz CT molecular complexity index is 773. The molecule has 3 aliphatic carbocycles. The van der Waals surface area contributed by atoms with Crippen molar-refractivity contribution < 1.29 is 27.1 Å². The Balaban J connectivity index is 1.57. The minimum atomic E-state index is -4.80. The van der Waals surface area contributed by atoms with Gasteiger partial charge in [-0.3, -0.25) is 13.9 Å². The van der Waals surface area contributed by atoms with Crippen LogP contribution in [0.25, 0.3) is 0 Å². The van der Waals surface area contributed by atoms with Gasteiger partial charge in [0.25, 0.3) is 5.91 Å². The number of rotatable bonds is 3. The Morgan fingerprint density at radius 2 is 1.76 bits per heavy atom. The molecule has 1 saturated heterocycles. The van der Waals surface area contributed by atoms with Crippen molar-refractivity contribution in [3.8, 4) is 0 Å². The number of aromatic nitrogens is 2. The molecule has 0 atom stereocenters. The molecule has 0 unspecified atom stereocenters. The maximum absolute atomic E-state index is 13.7. The van der Waals surface area contributed by atoms with E-state index in [1.807, 2.05) is 0 Å². The maximum Gasteiger partial charge on any atom is 0.434 e. The zero-order valence-electron chi connectivity index (χ0n) is 15.9. The molecule has 2 bridgehead atoms. The molecule has 5 rings (SSSR count). The van der Waals surface area contributed by atoms with Crippen LogP contribution in [0.3, 0.4) is 0 Å². The number of hydrogen-bond donors (Lipinski definition) is 3. The Morgan fingerprint density at radius 3 is 2.31 bits per heavy atom. The van der Waals surface area contributed by atoms with Crippen molar-refractivity contribution in [3.63, 3.8) is 0 Å². The van der Waals surface area contributed by atoms with Gasteiger partial charge in [-0.2, -0.15) is 23.8 Å². The Morgan fingerprint density at radius 1 is 1.17 bits per heavy atom. The number of fused-ring (bicyclic) bond motifs is 3. The Labute approximate surface area is 168 Å². The van der Waals surface area contributed by atoms with Crippen LogP contribution in [0.15, 0.2) is 6.20 Å². The van der Waals surface area contributed by atoms with E-state index in [0.717, 1.165) is 44.7 Å². The normalized spacial score (nSPS) is 30.1. The van der Waals surface area contributed by atoms with Crippen LogP contribution in [0.4, 0.5) is 19.1 Å². The van der Waals surface area contributed by atoms with Gasteiger partial charge in [-0.25, -0.2) is 9.97 Å². The lowest BCUT2D eigenvalue weighted by molar-refractivity contribution is -0.141. The van der Waals surface area contributed by atoms with Crippen molar-refractivity contribution in [2.24, 2.45) is 5.92 Å². The second-order valence-corrected chi connectivity index (χ2v) is 10.8. The summed E-state index contributed by atoms with van der Waals surface area (Å²) in [6.45, 7) is -0.0223. The number of alkyl halides is 3. The number of nitrogens with zero attached hydrogens (tertiary/aromatic N) is 3. The van der Waals surface area contributed by atoms with E-state index in [4.69, 9.17) is 0 Å². The van der Waals surface area contributed by atoms with Gasteiger partial charge >= 0.3 is 6.18 Å². The second-order valence-electron chi connectivity index (χ2n) is 8.34. The van der Waals surface area contributed by atoms with Gasteiger partial charge in [0.2, 0.25) is 5.95 Å². The van der Waals surface area contributed by atoms with E-state index in [9.17, 15) is 27.1 Å². The van der Waals surface area contributed by atoms with Crippen LogP contribution >= 0.6 is 10.6 Å². The molecule has 1 amide bonds. The lowest BCUT2D eigenvalue weighted by atomic mass is 9.66.